The van der Waals surface area contributed by atoms with Crippen LogP contribution in [0.4, 0.5) is 14.5 Å². The van der Waals surface area contributed by atoms with Gasteiger partial charge in [-0.1, -0.05) is 15.9 Å². The molecule has 0 spiro atoms. The average Bonchev–Trinajstić information content (AvgIpc) is 2.45. The Labute approximate surface area is 132 Å². The highest BCUT2D eigenvalue weighted by Gasteiger charge is 2.17. The minimum atomic E-state index is -1.35. The first-order valence-corrected chi connectivity index (χ1v) is 7.01. The molecule has 0 saturated heterocycles. The number of nitrogens with one attached hydrogen (secondary N) is 2. The summed E-state index contributed by atoms with van der Waals surface area (Å²) in [5.74, 6) is -2.99. The van der Waals surface area contributed by atoms with Crippen LogP contribution >= 0.6 is 15.9 Å². The van der Waals surface area contributed by atoms with Crippen LogP contribution in [-0.2, 0) is 6.42 Å². The van der Waals surface area contributed by atoms with Gasteiger partial charge in [-0.05, 0) is 24.6 Å². The van der Waals surface area contributed by atoms with Crippen molar-refractivity contribution >= 4 is 27.6 Å². The summed E-state index contributed by atoms with van der Waals surface area (Å²) in [7, 11) is 0. The van der Waals surface area contributed by atoms with Gasteiger partial charge in [-0.3, -0.25) is 4.79 Å². The van der Waals surface area contributed by atoms with Crippen molar-refractivity contribution in [1.82, 2.24) is 4.98 Å². The van der Waals surface area contributed by atoms with Crippen molar-refractivity contribution in [3.05, 3.63) is 62.0 Å². The highest BCUT2D eigenvalue weighted by Crippen LogP contribution is 2.19. The molecule has 1 aromatic heterocycles. The molecule has 0 fully saturated rings. The van der Waals surface area contributed by atoms with Gasteiger partial charge < -0.3 is 15.4 Å². The molecule has 3 N–H and O–H groups in total. The summed E-state index contributed by atoms with van der Waals surface area (Å²) < 4.78 is 28.0. The SMILES string of the molecule is O=C(O)c1c[nH]c(=O)c(F)c1CCNc1ccc(Br)cc1F. The van der Waals surface area contributed by atoms with E-state index >= 15 is 0 Å². The second-order valence-corrected chi connectivity index (χ2v) is 5.35. The van der Waals surface area contributed by atoms with Gasteiger partial charge in [0.25, 0.3) is 5.56 Å². The van der Waals surface area contributed by atoms with Crippen LogP contribution in [0.3, 0.4) is 0 Å². The number of hydrogen-bond donors (Lipinski definition) is 3. The van der Waals surface area contributed by atoms with E-state index in [0.717, 1.165) is 6.20 Å². The molecule has 0 aliphatic carbocycles. The number of pyridine rings is 1. The Morgan fingerprint density at radius 3 is 2.73 bits per heavy atom. The van der Waals surface area contributed by atoms with E-state index in [0.29, 0.717) is 4.47 Å². The number of benzene rings is 1. The van der Waals surface area contributed by atoms with E-state index in [1.807, 2.05) is 4.98 Å². The lowest BCUT2D eigenvalue weighted by molar-refractivity contribution is 0.0694. The highest BCUT2D eigenvalue weighted by molar-refractivity contribution is 9.10. The maximum Gasteiger partial charge on any atom is 0.337 e. The monoisotopic (exact) mass is 372 g/mol. The fraction of sp³-hybridized carbons (Fsp3) is 0.143. The van der Waals surface area contributed by atoms with E-state index < -0.39 is 23.2 Å². The van der Waals surface area contributed by atoms with Gasteiger partial charge in [-0.2, -0.15) is 0 Å². The number of H-pyrrole nitrogens is 1. The third kappa shape index (κ3) is 3.51. The molecular weight excluding hydrogens is 362 g/mol. The number of carbonyl (C=O) groups is 1. The van der Waals surface area contributed by atoms with Gasteiger partial charge in [0.15, 0.2) is 5.82 Å². The lowest BCUT2D eigenvalue weighted by Gasteiger charge is -2.10. The third-order valence-corrected chi connectivity index (χ3v) is 3.48. The first-order chi connectivity index (χ1) is 10.4. The highest BCUT2D eigenvalue weighted by atomic mass is 79.9. The summed E-state index contributed by atoms with van der Waals surface area (Å²) in [5.41, 5.74) is -1.34. The number of aromatic carboxylic acids is 1. The smallest absolute Gasteiger partial charge is 0.337 e. The summed E-state index contributed by atoms with van der Waals surface area (Å²) in [5, 5.41) is 11.7. The van der Waals surface area contributed by atoms with Gasteiger partial charge in [0.05, 0.1) is 11.3 Å². The van der Waals surface area contributed by atoms with Crippen LogP contribution in [0, 0.1) is 11.6 Å². The first-order valence-electron chi connectivity index (χ1n) is 6.22. The predicted octanol–water partition coefficient (Wildman–Crippen LogP) is 2.77. The molecular formula is C14H11BrF2N2O3. The van der Waals surface area contributed by atoms with Gasteiger partial charge in [-0.15, -0.1) is 0 Å². The summed E-state index contributed by atoms with van der Waals surface area (Å²) in [4.78, 5) is 24.3. The second-order valence-electron chi connectivity index (χ2n) is 4.43. The molecule has 8 heteroatoms. The van der Waals surface area contributed by atoms with Crippen LogP contribution in [0.1, 0.15) is 15.9 Å². The minimum Gasteiger partial charge on any atom is -0.478 e. The Hall–Kier alpha value is -2.22. The third-order valence-electron chi connectivity index (χ3n) is 2.99. The van der Waals surface area contributed by atoms with Crippen LogP contribution in [-0.4, -0.2) is 22.6 Å². The quantitative estimate of drug-likeness (QED) is 0.753. The standard InChI is InChI=1S/C14H11BrF2N2O3/c15-7-1-2-11(10(16)5-7)18-4-3-8-9(14(21)22)6-19-13(20)12(8)17/h1-2,5-6,18H,3-4H2,(H,19,20)(H,21,22). The van der Waals surface area contributed by atoms with Gasteiger partial charge in [0, 0.05) is 22.8 Å². The molecule has 22 heavy (non-hydrogen) atoms. The molecule has 0 bridgehead atoms. The zero-order valence-electron chi connectivity index (χ0n) is 11.1. The van der Waals surface area contributed by atoms with E-state index in [1.54, 1.807) is 6.07 Å². The molecule has 5 nitrogen and oxygen atoms in total. The molecule has 0 amide bonds. The van der Waals surface area contributed by atoms with Crippen LogP contribution < -0.4 is 10.9 Å². The van der Waals surface area contributed by atoms with Crippen molar-refractivity contribution in [3.8, 4) is 0 Å². The van der Waals surface area contributed by atoms with E-state index in [2.05, 4.69) is 21.2 Å². The van der Waals surface area contributed by atoms with Gasteiger partial charge in [0.2, 0.25) is 0 Å². The maximum absolute atomic E-state index is 13.8. The molecule has 2 rings (SSSR count). The number of hydrogen-bond acceptors (Lipinski definition) is 3. The fourth-order valence-corrected chi connectivity index (χ4v) is 2.27. The lowest BCUT2D eigenvalue weighted by atomic mass is 10.1. The minimum absolute atomic E-state index is 0.0687. The largest absolute Gasteiger partial charge is 0.478 e. The van der Waals surface area contributed by atoms with Crippen LogP contribution in [0.5, 0.6) is 0 Å². The zero-order valence-corrected chi connectivity index (χ0v) is 12.7. The summed E-state index contributed by atoms with van der Waals surface area (Å²) in [6.45, 7) is 0.0687. The van der Waals surface area contributed by atoms with Crippen molar-refractivity contribution < 1.29 is 18.7 Å². The summed E-state index contributed by atoms with van der Waals surface area (Å²) in [6.07, 6.45) is 0.871. The van der Waals surface area contributed by atoms with E-state index in [4.69, 9.17) is 5.11 Å². The Kier molecular flexibility index (Phi) is 4.92. The molecule has 2 aromatic rings. The number of anilines is 1. The van der Waals surface area contributed by atoms with Crippen LogP contribution in [0.15, 0.2) is 33.7 Å². The number of rotatable bonds is 5. The number of halogens is 3. The van der Waals surface area contributed by atoms with E-state index in [9.17, 15) is 18.4 Å². The van der Waals surface area contributed by atoms with Crippen LogP contribution in [0.2, 0.25) is 0 Å². The first kappa shape index (κ1) is 16.2. The van der Waals surface area contributed by atoms with Crippen molar-refractivity contribution in [2.45, 2.75) is 6.42 Å². The zero-order chi connectivity index (χ0) is 16.3. The van der Waals surface area contributed by atoms with Crippen molar-refractivity contribution in [2.75, 3.05) is 11.9 Å². The van der Waals surface area contributed by atoms with E-state index in [-0.39, 0.29) is 29.8 Å². The average molecular weight is 373 g/mol. The Morgan fingerprint density at radius 1 is 1.36 bits per heavy atom. The Balaban J connectivity index is 2.16. The molecule has 116 valence electrons. The topological polar surface area (TPSA) is 82.2 Å². The molecule has 1 heterocycles. The number of aromatic amines is 1. The predicted molar refractivity (Wildman–Crippen MR) is 80.3 cm³/mol. The van der Waals surface area contributed by atoms with E-state index in [1.165, 1.54) is 12.1 Å². The van der Waals surface area contributed by atoms with Crippen molar-refractivity contribution in [2.24, 2.45) is 0 Å². The van der Waals surface area contributed by atoms with Gasteiger partial charge >= 0.3 is 5.97 Å². The van der Waals surface area contributed by atoms with Gasteiger partial charge in [0.1, 0.15) is 5.82 Å². The van der Waals surface area contributed by atoms with Gasteiger partial charge in [-0.25, -0.2) is 13.6 Å². The maximum atomic E-state index is 13.8. The second kappa shape index (κ2) is 6.69. The lowest BCUT2D eigenvalue weighted by Crippen LogP contribution is -2.20. The number of aromatic nitrogens is 1. The normalized spacial score (nSPS) is 10.5. The summed E-state index contributed by atoms with van der Waals surface area (Å²) >= 11 is 3.12. The molecule has 0 atom stereocenters. The van der Waals surface area contributed by atoms with Crippen LogP contribution in [0.25, 0.3) is 0 Å². The Bertz CT molecular complexity index is 777. The van der Waals surface area contributed by atoms with Crippen molar-refractivity contribution in [3.63, 3.8) is 0 Å². The fourth-order valence-electron chi connectivity index (χ4n) is 1.93. The summed E-state index contributed by atoms with van der Waals surface area (Å²) in [6, 6.07) is 4.38. The molecule has 0 unspecified atom stereocenters. The molecule has 1 aromatic carbocycles. The molecule has 0 aliphatic rings. The van der Waals surface area contributed by atoms with Crippen molar-refractivity contribution in [1.29, 1.82) is 0 Å². The Morgan fingerprint density at radius 2 is 2.09 bits per heavy atom. The molecule has 0 radical (unpaired) electrons. The number of carboxylic acid groups (broad SMARTS) is 1. The molecule has 0 saturated carbocycles. The molecule has 0 aliphatic heterocycles. The number of carboxylic acids is 1.